The number of nitrogens with zero attached hydrogens (tertiary/aromatic N) is 5. The third-order valence-corrected chi connectivity index (χ3v) is 6.01. The Kier molecular flexibility index (Phi) is 6.95. The van der Waals surface area contributed by atoms with E-state index in [0.29, 0.717) is 49.8 Å². The van der Waals surface area contributed by atoms with Crippen molar-refractivity contribution in [3.8, 4) is 5.75 Å². The maximum atomic E-state index is 13.0. The van der Waals surface area contributed by atoms with Gasteiger partial charge in [-0.15, -0.1) is 0 Å². The van der Waals surface area contributed by atoms with E-state index in [1.54, 1.807) is 9.47 Å². The highest BCUT2D eigenvalue weighted by Crippen LogP contribution is 2.23. The van der Waals surface area contributed by atoms with Gasteiger partial charge in [0, 0.05) is 44.4 Å². The predicted octanol–water partition coefficient (Wildman–Crippen LogP) is 1.46. The molecule has 0 unspecified atom stereocenters. The highest BCUT2D eigenvalue weighted by atomic mass is 16.5. The number of nitrogens with one attached hydrogen (secondary N) is 1. The number of rotatable bonds is 7. The van der Waals surface area contributed by atoms with Gasteiger partial charge in [-0.3, -0.25) is 14.4 Å². The Balaban J connectivity index is 1.53. The molecule has 1 N–H and O–H groups in total. The van der Waals surface area contributed by atoms with E-state index in [4.69, 9.17) is 4.74 Å². The van der Waals surface area contributed by atoms with Gasteiger partial charge >= 0.3 is 0 Å². The van der Waals surface area contributed by atoms with Crippen LogP contribution in [0, 0.1) is 5.92 Å². The molecule has 0 saturated carbocycles. The summed E-state index contributed by atoms with van der Waals surface area (Å²) in [6, 6.07) is 8.78. The van der Waals surface area contributed by atoms with Gasteiger partial charge in [0.05, 0.1) is 7.11 Å². The van der Waals surface area contributed by atoms with Crippen LogP contribution in [0.2, 0.25) is 0 Å². The average molecular weight is 467 g/mol. The molecule has 2 amide bonds. The second-order valence-electron chi connectivity index (χ2n) is 8.81. The van der Waals surface area contributed by atoms with E-state index in [9.17, 15) is 14.4 Å². The molecule has 3 aromatic rings. The smallest absolute Gasteiger partial charge is 0.256 e. The fraction of sp³-hybridized carbons (Fsp3) is 0.458. The van der Waals surface area contributed by atoms with Gasteiger partial charge in [0.15, 0.2) is 0 Å². The number of fused-ring (bicyclic) bond motifs is 2. The van der Waals surface area contributed by atoms with Crippen LogP contribution in [-0.4, -0.2) is 63.0 Å². The van der Waals surface area contributed by atoms with Crippen molar-refractivity contribution in [2.45, 2.75) is 39.8 Å². The SMILES string of the molecule is COc1cc(=O)n2c(c1C(=O)NCCC(C)C)CCN(C(=O)Cn1nc3ccccc3n1)CC2. The zero-order chi connectivity index (χ0) is 24.2. The molecule has 10 heteroatoms. The first-order chi connectivity index (χ1) is 16.4. The van der Waals surface area contributed by atoms with Crippen molar-refractivity contribution >= 4 is 22.8 Å². The summed E-state index contributed by atoms with van der Waals surface area (Å²) in [5, 5.41) is 11.7. The number of aromatic nitrogens is 4. The molecule has 2 aromatic heterocycles. The summed E-state index contributed by atoms with van der Waals surface area (Å²) in [4.78, 5) is 41.9. The first-order valence-corrected chi connectivity index (χ1v) is 11.5. The summed E-state index contributed by atoms with van der Waals surface area (Å²) in [6.45, 7) is 5.75. The highest BCUT2D eigenvalue weighted by Gasteiger charge is 2.27. The zero-order valence-electron chi connectivity index (χ0n) is 19.8. The number of methoxy groups -OCH3 is 1. The average Bonchev–Trinajstić information content (AvgIpc) is 3.07. The molecule has 10 nitrogen and oxygen atoms in total. The number of amides is 2. The van der Waals surface area contributed by atoms with Gasteiger partial charge < -0.3 is 19.5 Å². The molecule has 0 fully saturated rings. The lowest BCUT2D eigenvalue weighted by Crippen LogP contribution is -2.37. The van der Waals surface area contributed by atoms with Crippen LogP contribution in [0.4, 0.5) is 0 Å². The van der Waals surface area contributed by atoms with Crippen molar-refractivity contribution in [3.63, 3.8) is 0 Å². The molecule has 1 aromatic carbocycles. The van der Waals surface area contributed by atoms with Crippen LogP contribution in [0.15, 0.2) is 35.1 Å². The quantitative estimate of drug-likeness (QED) is 0.564. The molecule has 34 heavy (non-hydrogen) atoms. The van der Waals surface area contributed by atoms with Crippen molar-refractivity contribution in [2.75, 3.05) is 26.7 Å². The number of hydrogen-bond acceptors (Lipinski definition) is 6. The lowest BCUT2D eigenvalue weighted by molar-refractivity contribution is -0.132. The molecular formula is C24H30N6O4. The highest BCUT2D eigenvalue weighted by molar-refractivity contribution is 5.98. The summed E-state index contributed by atoms with van der Waals surface area (Å²) in [5.74, 6) is 0.300. The monoisotopic (exact) mass is 466 g/mol. The van der Waals surface area contributed by atoms with E-state index in [1.165, 1.54) is 18.0 Å². The normalized spacial score (nSPS) is 13.6. The number of carbonyl (C=O) groups excluding carboxylic acids is 2. The fourth-order valence-electron chi connectivity index (χ4n) is 4.16. The Hall–Kier alpha value is -3.69. The number of ether oxygens (including phenoxy) is 1. The van der Waals surface area contributed by atoms with E-state index in [0.717, 1.165) is 17.5 Å². The fourth-order valence-corrected chi connectivity index (χ4v) is 4.16. The van der Waals surface area contributed by atoms with Crippen LogP contribution < -0.4 is 15.6 Å². The van der Waals surface area contributed by atoms with Crippen LogP contribution in [0.1, 0.15) is 36.3 Å². The molecule has 3 heterocycles. The lowest BCUT2D eigenvalue weighted by Gasteiger charge is -2.19. The third kappa shape index (κ3) is 4.95. The van der Waals surface area contributed by atoms with Crippen LogP contribution in [-0.2, 0) is 24.3 Å². The Labute approximate surface area is 197 Å². The topological polar surface area (TPSA) is 111 Å². The summed E-state index contributed by atoms with van der Waals surface area (Å²) < 4.78 is 6.97. The number of hydrogen-bond donors (Lipinski definition) is 1. The van der Waals surface area contributed by atoms with Gasteiger partial charge in [-0.2, -0.15) is 15.0 Å². The minimum absolute atomic E-state index is 0.00574. The molecule has 0 radical (unpaired) electrons. The lowest BCUT2D eigenvalue weighted by atomic mass is 10.1. The van der Waals surface area contributed by atoms with Crippen molar-refractivity contribution in [2.24, 2.45) is 5.92 Å². The standard InChI is InChI=1S/C24H30N6O4/c1-16(2)8-10-25-24(33)23-19-9-11-28(12-13-29(19)21(31)14-20(23)34-3)22(32)15-30-26-17-6-4-5-7-18(17)27-30/h4-7,14,16H,8-13,15H2,1-3H3,(H,25,33). The second kappa shape index (κ2) is 10.1. The van der Waals surface area contributed by atoms with Gasteiger partial charge in [-0.1, -0.05) is 26.0 Å². The van der Waals surface area contributed by atoms with Gasteiger partial charge in [-0.25, -0.2) is 0 Å². The van der Waals surface area contributed by atoms with Crippen molar-refractivity contribution < 1.29 is 14.3 Å². The van der Waals surface area contributed by atoms with Crippen molar-refractivity contribution in [3.05, 3.63) is 51.9 Å². The van der Waals surface area contributed by atoms with Crippen LogP contribution >= 0.6 is 0 Å². The molecule has 0 bridgehead atoms. The van der Waals surface area contributed by atoms with Gasteiger partial charge in [-0.05, 0) is 24.5 Å². The predicted molar refractivity (Wildman–Crippen MR) is 127 cm³/mol. The summed E-state index contributed by atoms with van der Waals surface area (Å²) in [6.07, 6.45) is 1.21. The molecule has 0 aliphatic carbocycles. The number of carbonyl (C=O) groups is 2. The van der Waals surface area contributed by atoms with Crippen LogP contribution in [0.3, 0.4) is 0 Å². The minimum Gasteiger partial charge on any atom is -0.496 e. The summed E-state index contributed by atoms with van der Waals surface area (Å²) in [7, 11) is 1.45. The van der Waals surface area contributed by atoms with E-state index in [-0.39, 0.29) is 29.7 Å². The second-order valence-corrected chi connectivity index (χ2v) is 8.81. The third-order valence-electron chi connectivity index (χ3n) is 6.01. The Morgan fingerprint density at radius 1 is 1.12 bits per heavy atom. The maximum absolute atomic E-state index is 13.0. The van der Waals surface area contributed by atoms with Crippen LogP contribution in [0.5, 0.6) is 5.75 Å². The van der Waals surface area contributed by atoms with E-state index in [1.807, 2.05) is 24.3 Å². The van der Waals surface area contributed by atoms with Crippen LogP contribution in [0.25, 0.3) is 11.0 Å². The molecule has 1 aliphatic rings. The first-order valence-electron chi connectivity index (χ1n) is 11.5. The van der Waals surface area contributed by atoms with E-state index >= 15 is 0 Å². The zero-order valence-corrected chi connectivity index (χ0v) is 19.8. The van der Waals surface area contributed by atoms with Gasteiger partial charge in [0.2, 0.25) is 5.91 Å². The summed E-state index contributed by atoms with van der Waals surface area (Å²) in [5.41, 5.74) is 2.15. The first kappa shape index (κ1) is 23.5. The van der Waals surface area contributed by atoms with Crippen molar-refractivity contribution in [1.29, 1.82) is 0 Å². The number of benzene rings is 1. The molecule has 0 spiro atoms. The van der Waals surface area contributed by atoms with Gasteiger partial charge in [0.25, 0.3) is 11.5 Å². The maximum Gasteiger partial charge on any atom is 0.256 e. The minimum atomic E-state index is -0.270. The Bertz CT molecular complexity index is 1230. The molecule has 1 aliphatic heterocycles. The van der Waals surface area contributed by atoms with Crippen molar-refractivity contribution in [1.82, 2.24) is 29.8 Å². The molecular weight excluding hydrogens is 436 g/mol. The number of pyridine rings is 1. The summed E-state index contributed by atoms with van der Waals surface area (Å²) >= 11 is 0. The van der Waals surface area contributed by atoms with Gasteiger partial charge in [0.1, 0.15) is 28.9 Å². The molecule has 0 saturated heterocycles. The molecule has 4 rings (SSSR count). The largest absolute Gasteiger partial charge is 0.496 e. The Morgan fingerprint density at radius 2 is 1.82 bits per heavy atom. The molecule has 180 valence electrons. The van der Waals surface area contributed by atoms with E-state index in [2.05, 4.69) is 29.4 Å². The van der Waals surface area contributed by atoms with E-state index < -0.39 is 0 Å². The Morgan fingerprint density at radius 3 is 2.47 bits per heavy atom. The molecule has 0 atom stereocenters.